The van der Waals surface area contributed by atoms with Crippen LogP contribution in [0.1, 0.15) is 32.6 Å². The van der Waals surface area contributed by atoms with Crippen LogP contribution in [0.2, 0.25) is 0 Å². The number of hydrogen-bond acceptors (Lipinski definition) is 2. The van der Waals surface area contributed by atoms with E-state index in [2.05, 4.69) is 12.2 Å². The molecule has 2 aliphatic rings. The maximum absolute atomic E-state index is 5.35. The molecule has 0 aromatic rings. The van der Waals surface area contributed by atoms with E-state index in [1.807, 2.05) is 0 Å². The van der Waals surface area contributed by atoms with Crippen molar-refractivity contribution in [3.63, 3.8) is 0 Å². The summed E-state index contributed by atoms with van der Waals surface area (Å²) in [6.45, 7) is 5.45. The third kappa shape index (κ3) is 2.44. The van der Waals surface area contributed by atoms with Crippen molar-refractivity contribution in [1.29, 1.82) is 0 Å². The minimum atomic E-state index is 0.731. The molecule has 1 heterocycles. The summed E-state index contributed by atoms with van der Waals surface area (Å²) in [7, 11) is 0. The molecule has 2 nitrogen and oxygen atoms in total. The number of rotatable bonds is 4. The molecule has 2 atom stereocenters. The summed E-state index contributed by atoms with van der Waals surface area (Å²) in [5, 5.41) is 3.65. The molecule has 1 aliphatic carbocycles. The molecule has 2 fully saturated rings. The summed E-state index contributed by atoms with van der Waals surface area (Å²) in [5.74, 6) is 1.74. The SMILES string of the molecule is CC(NCC1CCOC1)C1CCC1. The van der Waals surface area contributed by atoms with E-state index in [4.69, 9.17) is 4.74 Å². The summed E-state index contributed by atoms with van der Waals surface area (Å²) >= 11 is 0. The first kappa shape index (κ1) is 9.47. The average molecular weight is 183 g/mol. The summed E-state index contributed by atoms with van der Waals surface area (Å²) in [6, 6.07) is 0.731. The predicted molar refractivity (Wildman–Crippen MR) is 53.7 cm³/mol. The molecule has 0 spiro atoms. The Labute approximate surface area is 81.0 Å². The molecule has 0 aromatic heterocycles. The molecule has 1 saturated carbocycles. The van der Waals surface area contributed by atoms with Gasteiger partial charge in [-0.15, -0.1) is 0 Å². The van der Waals surface area contributed by atoms with Crippen LogP contribution in [-0.4, -0.2) is 25.8 Å². The van der Waals surface area contributed by atoms with Gasteiger partial charge in [-0.3, -0.25) is 0 Å². The van der Waals surface area contributed by atoms with E-state index in [1.165, 1.54) is 25.7 Å². The quantitative estimate of drug-likeness (QED) is 0.717. The van der Waals surface area contributed by atoms with E-state index in [0.717, 1.165) is 37.6 Å². The second kappa shape index (κ2) is 4.43. The third-order valence-electron chi connectivity index (χ3n) is 3.61. The Bertz CT molecular complexity index is 150. The molecule has 1 aliphatic heterocycles. The zero-order valence-electron chi connectivity index (χ0n) is 8.59. The normalized spacial score (nSPS) is 31.6. The predicted octanol–water partition coefficient (Wildman–Crippen LogP) is 1.80. The Morgan fingerprint density at radius 1 is 1.38 bits per heavy atom. The van der Waals surface area contributed by atoms with E-state index < -0.39 is 0 Å². The Hall–Kier alpha value is -0.0800. The molecule has 0 amide bonds. The maximum atomic E-state index is 5.35. The van der Waals surface area contributed by atoms with Crippen molar-refractivity contribution >= 4 is 0 Å². The molecule has 76 valence electrons. The van der Waals surface area contributed by atoms with Crippen LogP contribution in [0.3, 0.4) is 0 Å². The van der Waals surface area contributed by atoms with Gasteiger partial charge in [-0.1, -0.05) is 6.42 Å². The van der Waals surface area contributed by atoms with Crippen LogP contribution in [-0.2, 0) is 4.74 Å². The highest BCUT2D eigenvalue weighted by Crippen LogP contribution is 2.29. The summed E-state index contributed by atoms with van der Waals surface area (Å²) < 4.78 is 5.35. The van der Waals surface area contributed by atoms with E-state index in [-0.39, 0.29) is 0 Å². The first-order chi connectivity index (χ1) is 6.36. The van der Waals surface area contributed by atoms with Gasteiger partial charge in [-0.25, -0.2) is 0 Å². The molecule has 2 rings (SSSR count). The Kier molecular flexibility index (Phi) is 3.23. The lowest BCUT2D eigenvalue weighted by Gasteiger charge is -2.32. The monoisotopic (exact) mass is 183 g/mol. The summed E-state index contributed by atoms with van der Waals surface area (Å²) in [4.78, 5) is 0. The fourth-order valence-electron chi connectivity index (χ4n) is 2.20. The average Bonchev–Trinajstić information content (AvgIpc) is 2.49. The second-order valence-corrected chi connectivity index (χ2v) is 4.62. The van der Waals surface area contributed by atoms with Crippen LogP contribution in [0.5, 0.6) is 0 Å². The lowest BCUT2D eigenvalue weighted by Crippen LogP contribution is -2.39. The highest BCUT2D eigenvalue weighted by Gasteiger charge is 2.24. The van der Waals surface area contributed by atoms with Crippen molar-refractivity contribution in [1.82, 2.24) is 5.32 Å². The smallest absolute Gasteiger partial charge is 0.0507 e. The minimum absolute atomic E-state index is 0.731. The van der Waals surface area contributed by atoms with E-state index in [1.54, 1.807) is 0 Å². The van der Waals surface area contributed by atoms with Crippen molar-refractivity contribution in [2.75, 3.05) is 19.8 Å². The summed E-state index contributed by atoms with van der Waals surface area (Å²) in [6.07, 6.45) is 5.58. The third-order valence-corrected chi connectivity index (χ3v) is 3.61. The van der Waals surface area contributed by atoms with E-state index in [0.29, 0.717) is 0 Å². The Balaban J connectivity index is 1.60. The van der Waals surface area contributed by atoms with E-state index >= 15 is 0 Å². The van der Waals surface area contributed by atoms with Gasteiger partial charge in [0, 0.05) is 19.2 Å². The molecule has 2 heteroatoms. The Morgan fingerprint density at radius 2 is 2.23 bits per heavy atom. The zero-order chi connectivity index (χ0) is 9.10. The maximum Gasteiger partial charge on any atom is 0.0507 e. The number of ether oxygens (including phenoxy) is 1. The second-order valence-electron chi connectivity index (χ2n) is 4.62. The molecule has 0 aromatic carbocycles. The van der Waals surface area contributed by atoms with Gasteiger partial charge in [0.15, 0.2) is 0 Å². The summed E-state index contributed by atoms with van der Waals surface area (Å²) in [5.41, 5.74) is 0. The lowest BCUT2D eigenvalue weighted by molar-refractivity contribution is 0.180. The van der Waals surface area contributed by atoms with Crippen LogP contribution >= 0.6 is 0 Å². The number of nitrogens with one attached hydrogen (secondary N) is 1. The van der Waals surface area contributed by atoms with Crippen LogP contribution < -0.4 is 5.32 Å². The molecule has 13 heavy (non-hydrogen) atoms. The van der Waals surface area contributed by atoms with Crippen molar-refractivity contribution in [2.24, 2.45) is 11.8 Å². The standard InChI is InChI=1S/C11H21NO/c1-9(11-3-2-4-11)12-7-10-5-6-13-8-10/h9-12H,2-8H2,1H3. The first-order valence-corrected chi connectivity index (χ1v) is 5.67. The van der Waals surface area contributed by atoms with Gasteiger partial charge in [-0.05, 0) is 38.0 Å². The highest BCUT2D eigenvalue weighted by atomic mass is 16.5. The van der Waals surface area contributed by atoms with Gasteiger partial charge in [0.05, 0.1) is 6.61 Å². The van der Waals surface area contributed by atoms with Gasteiger partial charge in [0.2, 0.25) is 0 Å². The van der Waals surface area contributed by atoms with Crippen LogP contribution in [0.15, 0.2) is 0 Å². The van der Waals surface area contributed by atoms with Crippen LogP contribution in [0, 0.1) is 11.8 Å². The molecule has 0 radical (unpaired) electrons. The first-order valence-electron chi connectivity index (χ1n) is 5.67. The van der Waals surface area contributed by atoms with Gasteiger partial charge in [0.25, 0.3) is 0 Å². The molecule has 0 bridgehead atoms. The van der Waals surface area contributed by atoms with Crippen molar-refractivity contribution in [3.05, 3.63) is 0 Å². The van der Waals surface area contributed by atoms with Crippen molar-refractivity contribution < 1.29 is 4.74 Å². The molecule has 1 N–H and O–H groups in total. The fraction of sp³-hybridized carbons (Fsp3) is 1.00. The van der Waals surface area contributed by atoms with Crippen LogP contribution in [0.4, 0.5) is 0 Å². The highest BCUT2D eigenvalue weighted by molar-refractivity contribution is 4.80. The van der Waals surface area contributed by atoms with E-state index in [9.17, 15) is 0 Å². The van der Waals surface area contributed by atoms with Gasteiger partial charge >= 0.3 is 0 Å². The number of hydrogen-bond donors (Lipinski definition) is 1. The van der Waals surface area contributed by atoms with Crippen molar-refractivity contribution in [2.45, 2.75) is 38.6 Å². The zero-order valence-corrected chi connectivity index (χ0v) is 8.59. The lowest BCUT2D eigenvalue weighted by atomic mass is 9.80. The Morgan fingerprint density at radius 3 is 2.77 bits per heavy atom. The molecular weight excluding hydrogens is 162 g/mol. The van der Waals surface area contributed by atoms with Gasteiger partial charge in [0.1, 0.15) is 0 Å². The van der Waals surface area contributed by atoms with Gasteiger partial charge < -0.3 is 10.1 Å². The largest absolute Gasteiger partial charge is 0.381 e. The molecule has 2 unspecified atom stereocenters. The van der Waals surface area contributed by atoms with Gasteiger partial charge in [-0.2, -0.15) is 0 Å². The minimum Gasteiger partial charge on any atom is -0.381 e. The molecule has 1 saturated heterocycles. The topological polar surface area (TPSA) is 21.3 Å². The fourth-order valence-corrected chi connectivity index (χ4v) is 2.20. The molecular formula is C11H21NO. The van der Waals surface area contributed by atoms with Crippen LogP contribution in [0.25, 0.3) is 0 Å². The van der Waals surface area contributed by atoms with Crippen molar-refractivity contribution in [3.8, 4) is 0 Å².